The van der Waals surface area contributed by atoms with E-state index in [2.05, 4.69) is 43.1 Å². The van der Waals surface area contributed by atoms with Gasteiger partial charge in [-0.2, -0.15) is 11.8 Å². The van der Waals surface area contributed by atoms with Crippen LogP contribution in [0.1, 0.15) is 30.1 Å². The van der Waals surface area contributed by atoms with Gasteiger partial charge in [0, 0.05) is 4.88 Å². The fourth-order valence-corrected chi connectivity index (χ4v) is 3.80. The summed E-state index contributed by atoms with van der Waals surface area (Å²) in [5.41, 5.74) is 3.93. The molecule has 0 atom stereocenters. The lowest BCUT2D eigenvalue weighted by Gasteiger charge is -2.07. The van der Waals surface area contributed by atoms with Crippen LogP contribution in [0.3, 0.4) is 0 Å². The van der Waals surface area contributed by atoms with Gasteiger partial charge in [-0.1, -0.05) is 13.8 Å². The maximum Gasteiger partial charge on any atom is 0.152 e. The van der Waals surface area contributed by atoms with Gasteiger partial charge in [0.15, 0.2) is 5.82 Å². The molecule has 4 nitrogen and oxygen atoms in total. The van der Waals surface area contributed by atoms with E-state index < -0.39 is 0 Å². The molecule has 104 valence electrons. The molecule has 2 aromatic heterocycles. The lowest BCUT2D eigenvalue weighted by atomic mass is 10.2. The van der Waals surface area contributed by atoms with Gasteiger partial charge < -0.3 is 5.43 Å². The van der Waals surface area contributed by atoms with Crippen LogP contribution in [0.5, 0.6) is 0 Å². The smallest absolute Gasteiger partial charge is 0.152 e. The number of hydrogen-bond donors (Lipinski definition) is 2. The molecule has 0 aliphatic rings. The summed E-state index contributed by atoms with van der Waals surface area (Å²) < 4.78 is 0. The Balaban J connectivity index is 2.32. The van der Waals surface area contributed by atoms with Crippen molar-refractivity contribution in [3.05, 3.63) is 16.3 Å². The molecule has 0 fully saturated rings. The number of thiophene rings is 1. The number of nitrogens with one attached hydrogen (secondary N) is 1. The summed E-state index contributed by atoms with van der Waals surface area (Å²) in [5.74, 6) is 9.83. The number of anilines is 1. The van der Waals surface area contributed by atoms with Crippen LogP contribution < -0.4 is 11.3 Å². The van der Waals surface area contributed by atoms with Gasteiger partial charge in [0.2, 0.25) is 0 Å². The van der Waals surface area contributed by atoms with Crippen LogP contribution >= 0.6 is 23.1 Å². The Morgan fingerprint density at radius 3 is 2.68 bits per heavy atom. The number of thioether (sulfide) groups is 1. The summed E-state index contributed by atoms with van der Waals surface area (Å²) in [4.78, 5) is 11.5. The van der Waals surface area contributed by atoms with Crippen molar-refractivity contribution in [2.75, 3.05) is 11.2 Å². The summed E-state index contributed by atoms with van der Waals surface area (Å²) in [7, 11) is 0. The van der Waals surface area contributed by atoms with Crippen molar-refractivity contribution in [2.24, 2.45) is 11.8 Å². The van der Waals surface area contributed by atoms with Crippen LogP contribution in [0, 0.1) is 19.8 Å². The SMILES string of the molecule is Cc1sc2nc(CSCC(C)C)nc(NN)c2c1C. The van der Waals surface area contributed by atoms with E-state index in [1.54, 1.807) is 11.3 Å². The molecule has 0 saturated carbocycles. The summed E-state index contributed by atoms with van der Waals surface area (Å²) in [6.07, 6.45) is 0. The summed E-state index contributed by atoms with van der Waals surface area (Å²) >= 11 is 3.57. The van der Waals surface area contributed by atoms with Crippen molar-refractivity contribution in [3.8, 4) is 0 Å². The monoisotopic (exact) mass is 296 g/mol. The second kappa shape index (κ2) is 6.07. The highest BCUT2D eigenvalue weighted by Crippen LogP contribution is 2.33. The maximum absolute atomic E-state index is 5.60. The van der Waals surface area contributed by atoms with Gasteiger partial charge in [0.05, 0.1) is 11.1 Å². The minimum Gasteiger partial charge on any atom is -0.308 e. The fourth-order valence-electron chi connectivity index (χ4n) is 1.85. The number of hydrazine groups is 1. The van der Waals surface area contributed by atoms with Crippen LogP contribution in [0.4, 0.5) is 5.82 Å². The first-order valence-electron chi connectivity index (χ1n) is 6.34. The minimum absolute atomic E-state index is 0.687. The Bertz CT molecular complexity index is 578. The Labute approximate surface area is 122 Å². The molecule has 6 heteroatoms. The van der Waals surface area contributed by atoms with Crippen molar-refractivity contribution < 1.29 is 0 Å². The zero-order valence-corrected chi connectivity index (χ0v) is 13.4. The average Bonchev–Trinajstić information content (AvgIpc) is 2.64. The average molecular weight is 296 g/mol. The second-order valence-electron chi connectivity index (χ2n) is 5.01. The topological polar surface area (TPSA) is 63.8 Å². The summed E-state index contributed by atoms with van der Waals surface area (Å²) in [5, 5.41) is 1.06. The van der Waals surface area contributed by atoms with Gasteiger partial charge in [-0.25, -0.2) is 15.8 Å². The molecule has 3 N–H and O–H groups in total. The third-order valence-electron chi connectivity index (χ3n) is 2.89. The lowest BCUT2D eigenvalue weighted by molar-refractivity contribution is 0.750. The highest BCUT2D eigenvalue weighted by molar-refractivity contribution is 7.98. The number of nitrogens with zero attached hydrogens (tertiary/aromatic N) is 2. The van der Waals surface area contributed by atoms with Gasteiger partial charge in [-0.3, -0.25) is 0 Å². The Morgan fingerprint density at radius 2 is 2.05 bits per heavy atom. The standard InChI is InChI=1S/C13H20N4S2/c1-7(2)5-18-6-10-15-12(17-14)11-8(3)9(4)19-13(11)16-10/h7H,5-6,14H2,1-4H3,(H,15,16,17). The van der Waals surface area contributed by atoms with Gasteiger partial charge in [0.25, 0.3) is 0 Å². The molecule has 0 radical (unpaired) electrons. The van der Waals surface area contributed by atoms with Gasteiger partial charge in [-0.05, 0) is 31.1 Å². The molecule has 0 bridgehead atoms. The van der Waals surface area contributed by atoms with Gasteiger partial charge in [-0.15, -0.1) is 11.3 Å². The molecule has 0 aliphatic carbocycles. The van der Waals surface area contributed by atoms with E-state index in [4.69, 9.17) is 5.84 Å². The van der Waals surface area contributed by atoms with E-state index in [1.807, 2.05) is 11.8 Å². The number of rotatable bonds is 5. The Kier molecular flexibility index (Phi) is 4.65. The molecule has 0 aromatic carbocycles. The minimum atomic E-state index is 0.687. The van der Waals surface area contributed by atoms with Gasteiger partial charge >= 0.3 is 0 Å². The first-order chi connectivity index (χ1) is 9.02. The first-order valence-corrected chi connectivity index (χ1v) is 8.31. The lowest BCUT2D eigenvalue weighted by Crippen LogP contribution is -2.11. The maximum atomic E-state index is 5.60. The number of nitrogens with two attached hydrogens (primary N) is 1. The Morgan fingerprint density at radius 1 is 1.32 bits per heavy atom. The quantitative estimate of drug-likeness (QED) is 0.653. The highest BCUT2D eigenvalue weighted by Gasteiger charge is 2.13. The van der Waals surface area contributed by atoms with Crippen molar-refractivity contribution >= 4 is 39.1 Å². The molecule has 0 saturated heterocycles. The van der Waals surface area contributed by atoms with Crippen LogP contribution in [-0.4, -0.2) is 15.7 Å². The second-order valence-corrected chi connectivity index (χ2v) is 7.24. The molecule has 0 spiro atoms. The zero-order valence-electron chi connectivity index (χ0n) is 11.8. The summed E-state index contributed by atoms with van der Waals surface area (Å²) in [6, 6.07) is 0. The first kappa shape index (κ1) is 14.6. The third-order valence-corrected chi connectivity index (χ3v) is 5.36. The van der Waals surface area contributed by atoms with E-state index in [0.29, 0.717) is 5.92 Å². The molecule has 0 amide bonds. The molecule has 0 aliphatic heterocycles. The Hall–Kier alpha value is -0.850. The highest BCUT2D eigenvalue weighted by atomic mass is 32.2. The van der Waals surface area contributed by atoms with Crippen molar-refractivity contribution in [1.29, 1.82) is 0 Å². The number of aryl methyl sites for hydroxylation is 2. The number of nitrogen functional groups attached to an aromatic ring is 1. The molecule has 2 aromatic rings. The van der Waals surface area contributed by atoms with Crippen molar-refractivity contribution in [3.63, 3.8) is 0 Å². The number of aromatic nitrogens is 2. The van der Waals surface area contributed by atoms with Crippen LogP contribution in [0.2, 0.25) is 0 Å². The largest absolute Gasteiger partial charge is 0.308 e. The normalized spacial score (nSPS) is 11.5. The van der Waals surface area contributed by atoms with E-state index in [1.165, 1.54) is 10.4 Å². The molecule has 2 rings (SSSR count). The predicted molar refractivity (Wildman–Crippen MR) is 85.7 cm³/mol. The summed E-state index contributed by atoms with van der Waals surface area (Å²) in [6.45, 7) is 8.63. The zero-order chi connectivity index (χ0) is 14.0. The molecular formula is C13H20N4S2. The number of hydrogen-bond acceptors (Lipinski definition) is 6. The molecular weight excluding hydrogens is 276 g/mol. The van der Waals surface area contributed by atoms with Crippen LogP contribution in [0.15, 0.2) is 0 Å². The molecule has 2 heterocycles. The molecule has 19 heavy (non-hydrogen) atoms. The van der Waals surface area contributed by atoms with E-state index in [-0.39, 0.29) is 0 Å². The van der Waals surface area contributed by atoms with Crippen LogP contribution in [0.25, 0.3) is 10.2 Å². The van der Waals surface area contributed by atoms with E-state index >= 15 is 0 Å². The predicted octanol–water partition coefficient (Wildman–Crippen LogP) is 3.48. The fraction of sp³-hybridized carbons (Fsp3) is 0.538. The van der Waals surface area contributed by atoms with Gasteiger partial charge in [0.1, 0.15) is 10.7 Å². The molecule has 0 unspecified atom stereocenters. The third kappa shape index (κ3) is 3.19. The van der Waals surface area contributed by atoms with Crippen molar-refractivity contribution in [2.45, 2.75) is 33.4 Å². The van der Waals surface area contributed by atoms with E-state index in [9.17, 15) is 0 Å². The van der Waals surface area contributed by atoms with E-state index in [0.717, 1.165) is 33.4 Å². The van der Waals surface area contributed by atoms with Crippen molar-refractivity contribution in [1.82, 2.24) is 9.97 Å². The number of fused-ring (bicyclic) bond motifs is 1. The van der Waals surface area contributed by atoms with Crippen LogP contribution in [-0.2, 0) is 5.75 Å².